The van der Waals surface area contributed by atoms with Crippen molar-refractivity contribution in [3.05, 3.63) is 0 Å². The summed E-state index contributed by atoms with van der Waals surface area (Å²) in [6.45, 7) is 3.65. The highest BCUT2D eigenvalue weighted by Gasteiger charge is 2.16. The first-order chi connectivity index (χ1) is 6.61. The lowest BCUT2D eigenvalue weighted by Gasteiger charge is -2.12. The summed E-state index contributed by atoms with van der Waals surface area (Å²) < 4.78 is 10.1. The van der Waals surface area contributed by atoms with Gasteiger partial charge in [-0.3, -0.25) is 0 Å². The largest absolute Gasteiger partial charge is 0.464 e. The topological polar surface area (TPSA) is 35.5 Å². The number of rotatable bonds is 4. The molecule has 0 rings (SSSR count). The Balaban J connectivity index is 3.82. The highest BCUT2D eigenvalue weighted by molar-refractivity contribution is 8.22. The number of thioether (sulfide) groups is 1. The molecule has 14 heavy (non-hydrogen) atoms. The van der Waals surface area contributed by atoms with Crippen molar-refractivity contribution in [3.8, 4) is 12.3 Å². The Morgan fingerprint density at radius 3 is 2.86 bits per heavy atom. The van der Waals surface area contributed by atoms with Crippen molar-refractivity contribution in [1.82, 2.24) is 0 Å². The van der Waals surface area contributed by atoms with E-state index in [4.69, 9.17) is 28.1 Å². The molecule has 0 aromatic rings. The van der Waals surface area contributed by atoms with Crippen LogP contribution in [0.15, 0.2) is 0 Å². The number of hydrogen-bond acceptors (Lipinski definition) is 5. The third kappa shape index (κ3) is 5.84. The normalized spacial score (nSPS) is 11.2. The summed E-state index contributed by atoms with van der Waals surface area (Å²) in [7, 11) is 0. The van der Waals surface area contributed by atoms with E-state index in [-0.39, 0.29) is 4.38 Å². The zero-order valence-electron chi connectivity index (χ0n) is 8.11. The minimum Gasteiger partial charge on any atom is -0.464 e. The number of carbonyl (C=O) groups excluding carboxylic acids is 1. The van der Waals surface area contributed by atoms with Crippen LogP contribution in [0.25, 0.3) is 0 Å². The maximum absolute atomic E-state index is 11.1. The standard InChI is InChI=1S/C9H12O3S2/c1-4-6-14-9(13)12-7(3)8(10)11-5-2/h1,7H,5-6H2,2-3H3/t7-/m0/s1. The van der Waals surface area contributed by atoms with Crippen molar-refractivity contribution in [2.45, 2.75) is 20.0 Å². The molecule has 0 radical (unpaired) electrons. The van der Waals surface area contributed by atoms with Gasteiger partial charge >= 0.3 is 5.97 Å². The molecule has 0 aliphatic carbocycles. The molecule has 0 unspecified atom stereocenters. The minimum atomic E-state index is -0.673. The molecule has 0 spiro atoms. The summed E-state index contributed by atoms with van der Waals surface area (Å²) in [5, 5.41) is 0. The van der Waals surface area contributed by atoms with E-state index >= 15 is 0 Å². The fraction of sp³-hybridized carbons (Fsp3) is 0.556. The highest BCUT2D eigenvalue weighted by atomic mass is 32.2. The molecule has 0 aromatic heterocycles. The second kappa shape index (κ2) is 7.65. The zero-order chi connectivity index (χ0) is 11.0. The van der Waals surface area contributed by atoms with Gasteiger partial charge in [0, 0.05) is 0 Å². The molecule has 0 aliphatic heterocycles. The van der Waals surface area contributed by atoms with Crippen LogP contribution in [-0.4, -0.2) is 28.8 Å². The molecule has 0 amide bonds. The zero-order valence-corrected chi connectivity index (χ0v) is 9.74. The number of esters is 1. The molecule has 0 saturated carbocycles. The maximum atomic E-state index is 11.1. The first-order valence-electron chi connectivity index (χ1n) is 4.05. The molecule has 0 aliphatic rings. The third-order valence-electron chi connectivity index (χ3n) is 1.16. The van der Waals surface area contributed by atoms with Gasteiger partial charge in [0.1, 0.15) is 0 Å². The van der Waals surface area contributed by atoms with Crippen molar-refractivity contribution in [2.75, 3.05) is 12.4 Å². The monoisotopic (exact) mass is 232 g/mol. The van der Waals surface area contributed by atoms with Crippen molar-refractivity contribution in [3.63, 3.8) is 0 Å². The SMILES string of the molecule is C#CCSC(=S)O[C@@H](C)C(=O)OCC. The number of thiocarbonyl (C=S) groups is 1. The van der Waals surface area contributed by atoms with Crippen LogP contribution in [0.2, 0.25) is 0 Å². The summed E-state index contributed by atoms with van der Waals surface area (Å²) in [4.78, 5) is 11.1. The second-order valence-corrected chi connectivity index (χ2v) is 3.83. The Labute approximate surface area is 93.5 Å². The highest BCUT2D eigenvalue weighted by Crippen LogP contribution is 2.08. The van der Waals surface area contributed by atoms with Gasteiger partial charge in [-0.05, 0) is 26.1 Å². The Kier molecular flexibility index (Phi) is 7.25. The molecule has 0 fully saturated rings. The van der Waals surface area contributed by atoms with Gasteiger partial charge in [0.05, 0.1) is 12.4 Å². The summed E-state index contributed by atoms with van der Waals surface area (Å²) in [5.41, 5.74) is 0. The van der Waals surface area contributed by atoms with Gasteiger partial charge in [0.15, 0.2) is 6.10 Å². The van der Waals surface area contributed by atoms with Crippen LogP contribution in [0.1, 0.15) is 13.8 Å². The average Bonchev–Trinajstić information content (AvgIpc) is 2.15. The van der Waals surface area contributed by atoms with E-state index in [1.807, 2.05) is 0 Å². The predicted molar refractivity (Wildman–Crippen MR) is 61.1 cm³/mol. The van der Waals surface area contributed by atoms with Crippen LogP contribution in [0.3, 0.4) is 0 Å². The number of terminal acetylenes is 1. The molecule has 5 heteroatoms. The summed E-state index contributed by atoms with van der Waals surface area (Å²) >= 11 is 6.04. The number of carbonyl (C=O) groups is 1. The first kappa shape index (κ1) is 13.3. The van der Waals surface area contributed by atoms with Crippen molar-refractivity contribution in [2.24, 2.45) is 0 Å². The lowest BCUT2D eigenvalue weighted by Crippen LogP contribution is -2.24. The van der Waals surface area contributed by atoms with E-state index in [0.717, 1.165) is 0 Å². The smallest absolute Gasteiger partial charge is 0.347 e. The molecule has 1 atom stereocenters. The molecule has 3 nitrogen and oxygen atoms in total. The van der Waals surface area contributed by atoms with Gasteiger partial charge in [-0.1, -0.05) is 17.7 Å². The first-order valence-corrected chi connectivity index (χ1v) is 5.44. The van der Waals surface area contributed by atoms with E-state index in [1.165, 1.54) is 11.8 Å². The van der Waals surface area contributed by atoms with Gasteiger partial charge in [0.25, 0.3) is 0 Å². The van der Waals surface area contributed by atoms with Gasteiger partial charge in [-0.2, -0.15) is 0 Å². The Morgan fingerprint density at radius 2 is 2.36 bits per heavy atom. The maximum Gasteiger partial charge on any atom is 0.347 e. The van der Waals surface area contributed by atoms with E-state index in [1.54, 1.807) is 13.8 Å². The second-order valence-electron chi connectivity index (χ2n) is 2.25. The predicted octanol–water partition coefficient (Wildman–Crippen LogP) is 1.61. The Bertz CT molecular complexity index is 245. The third-order valence-corrected chi connectivity index (χ3v) is 2.26. The quantitative estimate of drug-likeness (QED) is 0.418. The lowest BCUT2D eigenvalue weighted by atomic mass is 10.4. The average molecular weight is 232 g/mol. The van der Waals surface area contributed by atoms with E-state index in [2.05, 4.69) is 5.92 Å². The van der Waals surface area contributed by atoms with Crippen molar-refractivity contribution < 1.29 is 14.3 Å². The lowest BCUT2D eigenvalue weighted by molar-refractivity contribution is -0.150. The van der Waals surface area contributed by atoms with E-state index < -0.39 is 12.1 Å². The minimum absolute atomic E-state index is 0.267. The number of ether oxygens (including phenoxy) is 2. The Morgan fingerprint density at radius 1 is 1.71 bits per heavy atom. The van der Waals surface area contributed by atoms with Crippen molar-refractivity contribution in [1.29, 1.82) is 0 Å². The van der Waals surface area contributed by atoms with Gasteiger partial charge < -0.3 is 9.47 Å². The van der Waals surface area contributed by atoms with Crippen LogP contribution in [0.5, 0.6) is 0 Å². The molecule has 0 saturated heterocycles. The molecule has 0 bridgehead atoms. The Hall–Kier alpha value is -0.730. The number of hydrogen-bond donors (Lipinski definition) is 0. The summed E-state index contributed by atoms with van der Waals surface area (Å²) in [6, 6.07) is 0. The van der Waals surface area contributed by atoms with E-state index in [9.17, 15) is 4.79 Å². The van der Waals surface area contributed by atoms with Crippen LogP contribution in [0.4, 0.5) is 0 Å². The molecular formula is C9H12O3S2. The molecule has 78 valence electrons. The summed E-state index contributed by atoms with van der Waals surface area (Å²) in [6.07, 6.45) is 4.36. The van der Waals surface area contributed by atoms with Crippen LogP contribution < -0.4 is 0 Å². The van der Waals surface area contributed by atoms with E-state index in [0.29, 0.717) is 12.4 Å². The van der Waals surface area contributed by atoms with Crippen LogP contribution >= 0.6 is 24.0 Å². The molecule has 0 heterocycles. The molecule has 0 N–H and O–H groups in total. The van der Waals surface area contributed by atoms with Gasteiger partial charge in [-0.25, -0.2) is 4.79 Å². The van der Waals surface area contributed by atoms with Gasteiger partial charge in [0.2, 0.25) is 4.38 Å². The molecular weight excluding hydrogens is 220 g/mol. The fourth-order valence-electron chi connectivity index (χ4n) is 0.587. The fourth-order valence-corrected chi connectivity index (χ4v) is 1.32. The molecule has 0 aromatic carbocycles. The van der Waals surface area contributed by atoms with Crippen LogP contribution in [0, 0.1) is 12.3 Å². The van der Waals surface area contributed by atoms with Gasteiger partial charge in [-0.15, -0.1) is 6.42 Å². The summed E-state index contributed by atoms with van der Waals surface area (Å²) in [5.74, 6) is 2.42. The van der Waals surface area contributed by atoms with Crippen molar-refractivity contribution >= 4 is 34.3 Å². The van der Waals surface area contributed by atoms with Crippen LogP contribution in [-0.2, 0) is 14.3 Å².